The Labute approximate surface area is 83.4 Å². The van der Waals surface area contributed by atoms with Crippen molar-refractivity contribution in [3.05, 3.63) is 36.7 Å². The fraction of sp³-hybridized carbons (Fsp3) is 0.0909. The lowest BCUT2D eigenvalue weighted by atomic mass is 10.2. The van der Waals surface area contributed by atoms with E-state index in [1.165, 1.54) is 6.20 Å². The molecule has 2 N–H and O–H groups in total. The molecule has 1 aliphatic rings. The Morgan fingerprint density at radius 3 is 2.64 bits per heavy atom. The quantitative estimate of drug-likeness (QED) is 0.669. The maximum atomic E-state index is 5.35. The van der Waals surface area contributed by atoms with E-state index < -0.39 is 0 Å². The van der Waals surface area contributed by atoms with E-state index in [4.69, 9.17) is 5.73 Å². The van der Waals surface area contributed by atoms with Gasteiger partial charge in [-0.1, -0.05) is 12.1 Å². The van der Waals surface area contributed by atoms with Gasteiger partial charge in [-0.25, -0.2) is 0 Å². The molecule has 0 bridgehead atoms. The SMILES string of the molecule is CN1C#CN(/C=C\N)c2ccccc21. The van der Waals surface area contributed by atoms with Crippen LogP contribution in [-0.4, -0.2) is 7.05 Å². The molecule has 1 aromatic carbocycles. The minimum Gasteiger partial charge on any atom is -0.403 e. The summed E-state index contributed by atoms with van der Waals surface area (Å²) in [5.74, 6) is 0. The zero-order valence-corrected chi connectivity index (χ0v) is 7.94. The molecule has 0 fully saturated rings. The molecule has 0 radical (unpaired) electrons. The van der Waals surface area contributed by atoms with Crippen LogP contribution in [0, 0.1) is 12.1 Å². The Balaban J connectivity index is 2.51. The first-order valence-corrected chi connectivity index (χ1v) is 4.34. The van der Waals surface area contributed by atoms with Gasteiger partial charge >= 0.3 is 0 Å². The maximum absolute atomic E-state index is 5.35. The number of benzene rings is 1. The molecule has 1 heterocycles. The highest BCUT2D eigenvalue weighted by Gasteiger charge is 2.12. The molecule has 0 aliphatic carbocycles. The van der Waals surface area contributed by atoms with Crippen LogP contribution in [0.5, 0.6) is 0 Å². The van der Waals surface area contributed by atoms with E-state index in [1.807, 2.05) is 41.1 Å². The number of fused-ring (bicyclic) bond motifs is 1. The van der Waals surface area contributed by atoms with Gasteiger partial charge in [-0.05, 0) is 12.1 Å². The zero-order chi connectivity index (χ0) is 9.97. The van der Waals surface area contributed by atoms with Crippen molar-refractivity contribution in [3.8, 4) is 12.1 Å². The van der Waals surface area contributed by atoms with Gasteiger partial charge in [0.25, 0.3) is 0 Å². The zero-order valence-electron chi connectivity index (χ0n) is 7.94. The molecule has 70 valence electrons. The normalized spacial score (nSPS) is 13.8. The van der Waals surface area contributed by atoms with E-state index in [1.54, 1.807) is 6.20 Å². The second-order valence-corrected chi connectivity index (χ2v) is 2.98. The molecule has 1 aliphatic heterocycles. The molecule has 0 aromatic heterocycles. The van der Waals surface area contributed by atoms with Crippen LogP contribution in [0.15, 0.2) is 36.7 Å². The Morgan fingerprint density at radius 2 is 1.93 bits per heavy atom. The van der Waals surface area contributed by atoms with E-state index in [0.29, 0.717) is 0 Å². The molecule has 2 rings (SSSR count). The van der Waals surface area contributed by atoms with E-state index in [2.05, 4.69) is 12.1 Å². The Kier molecular flexibility index (Phi) is 2.04. The molecule has 0 atom stereocenters. The maximum Gasteiger partial charge on any atom is 0.0782 e. The first-order chi connectivity index (χ1) is 6.83. The lowest BCUT2D eigenvalue weighted by Crippen LogP contribution is -2.21. The smallest absolute Gasteiger partial charge is 0.0782 e. The Hall–Kier alpha value is -2.08. The Bertz CT molecular complexity index is 426. The van der Waals surface area contributed by atoms with Gasteiger partial charge in [-0.2, -0.15) is 0 Å². The first kappa shape index (κ1) is 8.52. The third-order valence-electron chi connectivity index (χ3n) is 2.08. The predicted molar refractivity (Wildman–Crippen MR) is 58.4 cm³/mol. The highest BCUT2D eigenvalue weighted by molar-refractivity contribution is 5.78. The van der Waals surface area contributed by atoms with Crippen LogP contribution in [-0.2, 0) is 0 Å². The average Bonchev–Trinajstić information content (AvgIpc) is 2.23. The van der Waals surface area contributed by atoms with Gasteiger partial charge in [0.05, 0.1) is 11.4 Å². The van der Waals surface area contributed by atoms with Gasteiger partial charge in [0.15, 0.2) is 0 Å². The molecule has 3 heteroatoms. The van der Waals surface area contributed by atoms with E-state index >= 15 is 0 Å². The highest BCUT2D eigenvalue weighted by Crippen LogP contribution is 2.29. The summed E-state index contributed by atoms with van der Waals surface area (Å²) >= 11 is 0. The largest absolute Gasteiger partial charge is 0.403 e. The summed E-state index contributed by atoms with van der Waals surface area (Å²) in [5.41, 5.74) is 7.49. The van der Waals surface area contributed by atoms with Crippen LogP contribution in [0.4, 0.5) is 11.4 Å². The molecule has 14 heavy (non-hydrogen) atoms. The number of hydrogen-bond donors (Lipinski definition) is 1. The van der Waals surface area contributed by atoms with Gasteiger partial charge in [-0.15, -0.1) is 0 Å². The summed E-state index contributed by atoms with van der Waals surface area (Å²) in [6, 6.07) is 14.0. The summed E-state index contributed by atoms with van der Waals surface area (Å²) in [6.07, 6.45) is 3.23. The van der Waals surface area contributed by atoms with Crippen LogP contribution in [0.1, 0.15) is 0 Å². The van der Waals surface area contributed by atoms with Crippen molar-refractivity contribution < 1.29 is 0 Å². The molecule has 1 aromatic rings. The van der Waals surface area contributed by atoms with Crippen molar-refractivity contribution in [3.63, 3.8) is 0 Å². The summed E-state index contributed by atoms with van der Waals surface area (Å²) in [5, 5.41) is 0. The van der Waals surface area contributed by atoms with Crippen molar-refractivity contribution in [2.75, 3.05) is 16.8 Å². The molecular weight excluding hydrogens is 174 g/mol. The van der Waals surface area contributed by atoms with Gasteiger partial charge in [0.1, 0.15) is 0 Å². The molecule has 3 nitrogen and oxygen atoms in total. The fourth-order valence-electron chi connectivity index (χ4n) is 1.40. The van der Waals surface area contributed by atoms with Crippen molar-refractivity contribution in [2.24, 2.45) is 5.73 Å². The molecule has 0 spiro atoms. The molecule has 0 unspecified atom stereocenters. The average molecular weight is 185 g/mol. The fourth-order valence-corrected chi connectivity index (χ4v) is 1.40. The van der Waals surface area contributed by atoms with Crippen molar-refractivity contribution in [1.29, 1.82) is 0 Å². The molecule has 0 amide bonds. The minimum absolute atomic E-state index is 1.05. The number of rotatable bonds is 1. The van der Waals surface area contributed by atoms with Gasteiger partial charge in [-0.3, -0.25) is 4.90 Å². The lowest BCUT2D eigenvalue weighted by Gasteiger charge is -2.24. The van der Waals surface area contributed by atoms with Crippen molar-refractivity contribution in [2.45, 2.75) is 0 Å². The van der Waals surface area contributed by atoms with E-state index in [9.17, 15) is 0 Å². The third kappa shape index (κ3) is 1.27. The van der Waals surface area contributed by atoms with Gasteiger partial charge in [0, 0.05) is 31.5 Å². The topological polar surface area (TPSA) is 32.5 Å². The molecule has 0 saturated heterocycles. The lowest BCUT2D eigenvalue weighted by molar-refractivity contribution is 1.18. The molecule has 0 saturated carbocycles. The number of nitrogens with zero attached hydrogens (tertiary/aromatic N) is 2. The van der Waals surface area contributed by atoms with Crippen LogP contribution in [0.3, 0.4) is 0 Å². The standard InChI is InChI=1S/C11H11N3/c1-13-8-9-14(7-6-12)11-5-3-2-4-10(11)13/h2-7H,12H2,1H3/b7-6-. The second kappa shape index (κ2) is 3.35. The van der Waals surface area contributed by atoms with Gasteiger partial charge < -0.3 is 10.6 Å². The summed E-state index contributed by atoms with van der Waals surface area (Å²) < 4.78 is 0. The number of hydrogen-bond acceptors (Lipinski definition) is 3. The van der Waals surface area contributed by atoms with E-state index in [-0.39, 0.29) is 0 Å². The van der Waals surface area contributed by atoms with Crippen molar-refractivity contribution >= 4 is 11.4 Å². The van der Waals surface area contributed by atoms with E-state index in [0.717, 1.165) is 11.4 Å². The highest BCUT2D eigenvalue weighted by atomic mass is 15.2. The summed E-state index contributed by atoms with van der Waals surface area (Å²) in [7, 11) is 1.94. The van der Waals surface area contributed by atoms with Crippen molar-refractivity contribution in [1.82, 2.24) is 0 Å². The summed E-state index contributed by atoms with van der Waals surface area (Å²) in [6.45, 7) is 0. The molecular formula is C11H11N3. The first-order valence-electron chi connectivity index (χ1n) is 4.34. The minimum atomic E-state index is 1.05. The number of anilines is 2. The second-order valence-electron chi connectivity index (χ2n) is 2.98. The van der Waals surface area contributed by atoms with Crippen LogP contribution in [0.25, 0.3) is 0 Å². The van der Waals surface area contributed by atoms with Gasteiger partial charge in [0.2, 0.25) is 0 Å². The van der Waals surface area contributed by atoms with Crippen LogP contribution >= 0.6 is 0 Å². The number of nitrogens with two attached hydrogens (primary N) is 1. The third-order valence-corrected chi connectivity index (χ3v) is 2.08. The Morgan fingerprint density at radius 1 is 1.21 bits per heavy atom. The predicted octanol–water partition coefficient (Wildman–Crippen LogP) is 1.29. The number of para-hydroxylation sites is 2. The summed E-state index contributed by atoms with van der Waals surface area (Å²) in [4.78, 5) is 3.71. The van der Waals surface area contributed by atoms with Crippen LogP contribution in [0.2, 0.25) is 0 Å². The monoisotopic (exact) mass is 185 g/mol. The van der Waals surface area contributed by atoms with Crippen LogP contribution < -0.4 is 15.5 Å².